The van der Waals surface area contributed by atoms with E-state index in [4.69, 9.17) is 21.7 Å². The van der Waals surface area contributed by atoms with Crippen LogP contribution in [0, 0.1) is 0 Å². The lowest BCUT2D eigenvalue weighted by Crippen LogP contribution is -2.22. The van der Waals surface area contributed by atoms with Crippen LogP contribution in [0.15, 0.2) is 85.5 Å². The molecule has 1 aliphatic heterocycles. The molecular formula is C34H24ClF3N8O2. The molecule has 240 valence electrons. The summed E-state index contributed by atoms with van der Waals surface area (Å²) in [6.07, 6.45) is 6.78. The van der Waals surface area contributed by atoms with Gasteiger partial charge in [0.15, 0.2) is 0 Å². The van der Waals surface area contributed by atoms with Crippen LogP contribution in [-0.4, -0.2) is 60.5 Å². The first-order valence-corrected chi connectivity index (χ1v) is 15.4. The maximum atomic E-state index is 14.3. The van der Waals surface area contributed by atoms with Gasteiger partial charge in [0, 0.05) is 82.7 Å². The zero-order chi connectivity index (χ0) is 33.0. The fourth-order valence-corrected chi connectivity index (χ4v) is 6.10. The molecule has 0 spiro atoms. The summed E-state index contributed by atoms with van der Waals surface area (Å²) in [5.74, 6) is 0.333. The van der Waals surface area contributed by atoms with Crippen molar-refractivity contribution in [1.29, 1.82) is 0 Å². The van der Waals surface area contributed by atoms with Crippen molar-refractivity contribution < 1.29 is 22.7 Å². The van der Waals surface area contributed by atoms with E-state index in [0.29, 0.717) is 48.0 Å². The fraction of sp³-hybridized carbons (Fsp3) is 0.176. The minimum absolute atomic E-state index is 0.167. The normalized spacial score (nSPS) is 15.4. The number of nitrogens with zero attached hydrogens (tertiary/aromatic N) is 7. The van der Waals surface area contributed by atoms with Crippen LogP contribution in [0.4, 0.5) is 24.7 Å². The molecule has 0 saturated carbocycles. The van der Waals surface area contributed by atoms with Gasteiger partial charge in [-0.3, -0.25) is 9.78 Å². The standard InChI is InChI=1S/C34H24ClF3N8O2/c35-34(37,38)48-25-7-5-24(6-8-25)42-32(47)21-12-26(31(40-16-21)45-10-9-23(36)18-45)20-11-27-29(39-15-20)13-22-17-46(44-30(22)27)33-41-14-19-3-1-2-4-28(19)43-33/h1-8,11-12,14-17,23H,9-10,13,18H2,(H,42,47)/t23-/m1/s1. The minimum Gasteiger partial charge on any atom is -0.420 e. The highest BCUT2D eigenvalue weighted by atomic mass is 35.5. The predicted molar refractivity (Wildman–Crippen MR) is 173 cm³/mol. The topological polar surface area (TPSA) is 111 Å². The van der Waals surface area contributed by atoms with E-state index in [1.807, 2.05) is 41.4 Å². The molecule has 6 aromatic rings. The van der Waals surface area contributed by atoms with E-state index >= 15 is 0 Å². The van der Waals surface area contributed by atoms with Crippen molar-refractivity contribution >= 4 is 39.9 Å². The summed E-state index contributed by atoms with van der Waals surface area (Å²) in [6, 6.07) is 16.7. The Balaban J connectivity index is 1.12. The largest absolute Gasteiger partial charge is 0.487 e. The number of carbonyl (C=O) groups is 1. The van der Waals surface area contributed by atoms with Gasteiger partial charge in [-0.15, -0.1) is 8.78 Å². The second-order valence-electron chi connectivity index (χ2n) is 11.5. The van der Waals surface area contributed by atoms with Crippen molar-refractivity contribution in [1.82, 2.24) is 29.7 Å². The van der Waals surface area contributed by atoms with E-state index < -0.39 is 17.6 Å². The second-order valence-corrected chi connectivity index (χ2v) is 12.0. The Morgan fingerprint density at radius 3 is 2.62 bits per heavy atom. The number of para-hydroxylation sites is 1. The fourth-order valence-electron chi connectivity index (χ4n) is 6.01. The van der Waals surface area contributed by atoms with Crippen LogP contribution >= 0.6 is 11.6 Å². The molecule has 1 amide bonds. The Labute approximate surface area is 276 Å². The number of anilines is 2. The van der Waals surface area contributed by atoms with Gasteiger partial charge in [-0.25, -0.2) is 24.0 Å². The number of halogens is 4. The van der Waals surface area contributed by atoms with Gasteiger partial charge < -0.3 is 15.0 Å². The van der Waals surface area contributed by atoms with Crippen LogP contribution in [0.2, 0.25) is 0 Å². The van der Waals surface area contributed by atoms with Crippen molar-refractivity contribution in [2.45, 2.75) is 24.6 Å². The lowest BCUT2D eigenvalue weighted by atomic mass is 10.0. The number of benzene rings is 2. The Bertz CT molecular complexity index is 2210. The number of hydrogen-bond acceptors (Lipinski definition) is 8. The molecule has 0 bridgehead atoms. The quantitative estimate of drug-likeness (QED) is 0.185. The molecule has 1 saturated heterocycles. The van der Waals surface area contributed by atoms with Crippen molar-refractivity contribution in [2.24, 2.45) is 0 Å². The highest BCUT2D eigenvalue weighted by Gasteiger charge is 2.29. The first-order valence-electron chi connectivity index (χ1n) is 15.0. The molecule has 5 heterocycles. The first kappa shape index (κ1) is 29.8. The van der Waals surface area contributed by atoms with Crippen LogP contribution in [0.25, 0.3) is 39.2 Å². The average molecular weight is 669 g/mol. The highest BCUT2D eigenvalue weighted by Crippen LogP contribution is 2.39. The van der Waals surface area contributed by atoms with E-state index in [-0.39, 0.29) is 17.9 Å². The Kier molecular flexibility index (Phi) is 7.20. The van der Waals surface area contributed by atoms with Crippen LogP contribution in [0.3, 0.4) is 0 Å². The van der Waals surface area contributed by atoms with Crippen molar-refractivity contribution in [3.63, 3.8) is 0 Å². The molecule has 2 aliphatic rings. The zero-order valence-corrected chi connectivity index (χ0v) is 25.7. The van der Waals surface area contributed by atoms with Crippen LogP contribution in [0.5, 0.6) is 5.75 Å². The van der Waals surface area contributed by atoms with Crippen LogP contribution in [-0.2, 0) is 6.42 Å². The monoisotopic (exact) mass is 668 g/mol. The maximum absolute atomic E-state index is 14.3. The molecule has 0 radical (unpaired) electrons. The van der Waals surface area contributed by atoms with Gasteiger partial charge in [-0.2, -0.15) is 5.10 Å². The number of rotatable bonds is 7. The first-order chi connectivity index (χ1) is 23.2. The number of alkyl halides is 4. The number of nitrogens with one attached hydrogen (secondary N) is 1. The summed E-state index contributed by atoms with van der Waals surface area (Å²) < 4.78 is 46.3. The number of pyridine rings is 2. The summed E-state index contributed by atoms with van der Waals surface area (Å²) in [6.45, 7) is 0.654. The van der Waals surface area contributed by atoms with Gasteiger partial charge in [0.1, 0.15) is 17.7 Å². The van der Waals surface area contributed by atoms with E-state index in [1.54, 1.807) is 23.1 Å². The number of carbonyl (C=O) groups excluding carboxylic acids is 1. The summed E-state index contributed by atoms with van der Waals surface area (Å²) >= 11 is 4.83. The van der Waals surface area contributed by atoms with E-state index in [2.05, 4.69) is 25.0 Å². The molecule has 14 heteroatoms. The maximum Gasteiger partial charge on any atom is 0.487 e. The van der Waals surface area contributed by atoms with Crippen molar-refractivity contribution in [3.05, 3.63) is 102 Å². The van der Waals surface area contributed by atoms with E-state index in [1.165, 1.54) is 30.5 Å². The van der Waals surface area contributed by atoms with E-state index in [9.17, 15) is 18.0 Å². The number of ether oxygens (including phenoxy) is 1. The van der Waals surface area contributed by atoms with Gasteiger partial charge in [0.2, 0.25) is 0 Å². The third-order valence-corrected chi connectivity index (χ3v) is 8.35. The molecule has 10 nitrogen and oxygen atoms in total. The van der Waals surface area contributed by atoms with E-state index in [0.717, 1.165) is 33.4 Å². The zero-order valence-electron chi connectivity index (χ0n) is 24.9. The van der Waals surface area contributed by atoms with Crippen LogP contribution in [0.1, 0.15) is 28.0 Å². The third kappa shape index (κ3) is 5.77. The molecule has 8 rings (SSSR count). The van der Waals surface area contributed by atoms with Gasteiger partial charge >= 0.3 is 5.57 Å². The average Bonchev–Trinajstić information content (AvgIpc) is 3.79. The van der Waals surface area contributed by atoms with Crippen molar-refractivity contribution in [3.8, 4) is 34.1 Å². The third-order valence-electron chi connectivity index (χ3n) is 8.27. The summed E-state index contributed by atoms with van der Waals surface area (Å²) in [5.41, 5.74) is 2.23. The number of fused-ring (bicyclic) bond motifs is 4. The molecule has 1 aliphatic carbocycles. The molecule has 48 heavy (non-hydrogen) atoms. The number of hydrogen-bond donors (Lipinski definition) is 1. The highest BCUT2D eigenvalue weighted by molar-refractivity contribution is 6.20. The Hall–Kier alpha value is -5.56. The SMILES string of the molecule is O=C(Nc1ccc(OC(F)(F)Cl)cc1)c1cnc(N2CC[C@@H](F)C2)c(-c2cnc3c(c2)-c2nn(-c4ncc5ccccc5n4)cc2C3)c1. The summed E-state index contributed by atoms with van der Waals surface area (Å²) in [4.78, 5) is 33.7. The van der Waals surface area contributed by atoms with Gasteiger partial charge in [-0.1, -0.05) is 18.2 Å². The molecular weight excluding hydrogens is 645 g/mol. The van der Waals surface area contributed by atoms with Crippen LogP contribution < -0.4 is 15.0 Å². The minimum atomic E-state index is -3.86. The molecule has 1 fully saturated rings. The second kappa shape index (κ2) is 11.6. The predicted octanol–water partition coefficient (Wildman–Crippen LogP) is 6.81. The summed E-state index contributed by atoms with van der Waals surface area (Å²) in [5, 5.41) is 8.49. The summed E-state index contributed by atoms with van der Waals surface area (Å²) in [7, 11) is 0. The lowest BCUT2D eigenvalue weighted by molar-refractivity contribution is -0.0964. The molecule has 4 aromatic heterocycles. The smallest absolute Gasteiger partial charge is 0.420 e. The van der Waals surface area contributed by atoms with Gasteiger partial charge in [0.25, 0.3) is 11.9 Å². The molecule has 2 aromatic carbocycles. The van der Waals surface area contributed by atoms with Crippen molar-refractivity contribution in [2.75, 3.05) is 23.3 Å². The molecule has 1 N–H and O–H groups in total. The Morgan fingerprint density at radius 1 is 1.00 bits per heavy atom. The molecule has 0 unspecified atom stereocenters. The number of amides is 1. The Morgan fingerprint density at radius 2 is 1.83 bits per heavy atom. The number of aromatic nitrogens is 6. The molecule has 1 atom stereocenters. The van der Waals surface area contributed by atoms with Gasteiger partial charge in [0.05, 0.1) is 29.0 Å². The lowest BCUT2D eigenvalue weighted by Gasteiger charge is -2.21. The van der Waals surface area contributed by atoms with Gasteiger partial charge in [-0.05, 0) is 48.9 Å².